The van der Waals surface area contributed by atoms with Crippen LogP contribution in [0, 0.1) is 0 Å². The van der Waals surface area contributed by atoms with Crippen LogP contribution < -0.4 is 10.6 Å². The van der Waals surface area contributed by atoms with Crippen LogP contribution in [-0.2, 0) is 11.3 Å². The van der Waals surface area contributed by atoms with Crippen LogP contribution in [0.15, 0.2) is 24.5 Å². The molecular formula is C20H27N7O3. The lowest BCUT2D eigenvalue weighted by Crippen LogP contribution is -2.42. The number of aliphatic hydroxyl groups excluding tert-OH is 1. The molecule has 4 N–H and O–H groups in total. The molecule has 1 saturated carbocycles. The molecule has 2 atom stereocenters. The topological polar surface area (TPSA) is 129 Å². The summed E-state index contributed by atoms with van der Waals surface area (Å²) in [6.45, 7) is 5.64. The Balaban J connectivity index is 1.39. The lowest BCUT2D eigenvalue weighted by atomic mass is 10.0. The van der Waals surface area contributed by atoms with Gasteiger partial charge in [0.1, 0.15) is 11.6 Å². The van der Waals surface area contributed by atoms with Crippen LogP contribution in [0.5, 0.6) is 0 Å². The molecular weight excluding hydrogens is 386 g/mol. The van der Waals surface area contributed by atoms with Crippen molar-refractivity contribution in [3.63, 3.8) is 0 Å². The molecule has 3 heterocycles. The summed E-state index contributed by atoms with van der Waals surface area (Å²) >= 11 is 0. The minimum Gasteiger partial charge on any atom is -0.446 e. The molecule has 1 amide bonds. The van der Waals surface area contributed by atoms with Gasteiger partial charge in [-0.1, -0.05) is 0 Å². The van der Waals surface area contributed by atoms with E-state index in [1.807, 2.05) is 26.8 Å². The van der Waals surface area contributed by atoms with Gasteiger partial charge in [-0.15, -0.1) is 0 Å². The minimum absolute atomic E-state index is 0.101. The normalized spacial score (nSPS) is 19.2. The van der Waals surface area contributed by atoms with Gasteiger partial charge in [-0.2, -0.15) is 10.2 Å². The summed E-state index contributed by atoms with van der Waals surface area (Å²) in [6, 6.07) is 3.74. The Morgan fingerprint density at radius 2 is 2.20 bits per heavy atom. The van der Waals surface area contributed by atoms with E-state index in [9.17, 15) is 9.90 Å². The average Bonchev–Trinajstić information content (AvgIpc) is 3.39. The molecule has 0 aliphatic heterocycles. The van der Waals surface area contributed by atoms with E-state index in [1.54, 1.807) is 23.0 Å². The average molecular weight is 413 g/mol. The molecule has 0 saturated heterocycles. The van der Waals surface area contributed by atoms with Crippen molar-refractivity contribution in [2.45, 2.75) is 64.2 Å². The molecule has 1 aliphatic carbocycles. The molecule has 0 aromatic carbocycles. The first kappa shape index (κ1) is 20.1. The number of aromatic nitrogens is 5. The van der Waals surface area contributed by atoms with Crippen LogP contribution in [-0.4, -0.2) is 47.6 Å². The van der Waals surface area contributed by atoms with Gasteiger partial charge in [-0.3, -0.25) is 5.10 Å². The van der Waals surface area contributed by atoms with Crippen molar-refractivity contribution < 1.29 is 14.6 Å². The number of carbonyl (C=O) groups is 1. The van der Waals surface area contributed by atoms with E-state index in [2.05, 4.69) is 30.9 Å². The molecule has 1 fully saturated rings. The first-order chi connectivity index (χ1) is 14.3. The number of nitrogens with one attached hydrogen (secondary N) is 3. The minimum atomic E-state index is -0.373. The maximum Gasteiger partial charge on any atom is 0.407 e. The molecule has 3 aromatic heterocycles. The van der Waals surface area contributed by atoms with Gasteiger partial charge in [0.25, 0.3) is 0 Å². The number of ether oxygens (including phenoxy) is 1. The van der Waals surface area contributed by atoms with Crippen LogP contribution in [0.1, 0.15) is 57.3 Å². The zero-order valence-corrected chi connectivity index (χ0v) is 17.3. The second-order valence-electron chi connectivity index (χ2n) is 8.65. The second-order valence-corrected chi connectivity index (χ2v) is 8.65. The maximum atomic E-state index is 12.0. The Morgan fingerprint density at radius 3 is 2.97 bits per heavy atom. The molecule has 4 rings (SSSR count). The smallest absolute Gasteiger partial charge is 0.407 e. The van der Waals surface area contributed by atoms with E-state index in [0.29, 0.717) is 17.3 Å². The summed E-state index contributed by atoms with van der Waals surface area (Å²) in [7, 11) is 0. The fraction of sp³-hybridized carbons (Fsp3) is 0.500. The summed E-state index contributed by atoms with van der Waals surface area (Å²) in [5.74, 6) is 1.50. The Labute approximate surface area is 174 Å². The summed E-state index contributed by atoms with van der Waals surface area (Å²) in [5, 5.41) is 27.0. The lowest BCUT2D eigenvalue weighted by Gasteiger charge is -2.22. The third-order valence-corrected chi connectivity index (χ3v) is 5.02. The third-order valence-electron chi connectivity index (χ3n) is 5.02. The van der Waals surface area contributed by atoms with Crippen molar-refractivity contribution in [1.29, 1.82) is 0 Å². The van der Waals surface area contributed by atoms with E-state index in [1.165, 1.54) is 0 Å². The SMILES string of the molecule is CC(C)(C)NC(=O)OC1CCC(c2cc(Nc3nccn4nc(CO)cc34)n[nH]2)C1. The van der Waals surface area contributed by atoms with Crippen LogP contribution in [0.3, 0.4) is 0 Å². The number of H-pyrrole nitrogens is 1. The van der Waals surface area contributed by atoms with Crippen molar-refractivity contribution in [2.24, 2.45) is 0 Å². The number of nitrogens with zero attached hydrogens (tertiary/aromatic N) is 4. The van der Waals surface area contributed by atoms with E-state index in [0.717, 1.165) is 30.5 Å². The number of alkyl carbamates (subject to hydrolysis) is 1. The highest BCUT2D eigenvalue weighted by Gasteiger charge is 2.30. The van der Waals surface area contributed by atoms with Gasteiger partial charge < -0.3 is 20.5 Å². The van der Waals surface area contributed by atoms with Crippen LogP contribution >= 0.6 is 0 Å². The van der Waals surface area contributed by atoms with E-state index >= 15 is 0 Å². The molecule has 2 unspecified atom stereocenters. The fourth-order valence-corrected chi connectivity index (χ4v) is 3.69. The molecule has 3 aromatic rings. The largest absolute Gasteiger partial charge is 0.446 e. The number of rotatable bonds is 5. The third kappa shape index (κ3) is 4.54. The van der Waals surface area contributed by atoms with Gasteiger partial charge in [0.05, 0.1) is 12.3 Å². The first-order valence-electron chi connectivity index (χ1n) is 10.1. The second kappa shape index (κ2) is 7.94. The Kier molecular flexibility index (Phi) is 5.33. The molecule has 160 valence electrons. The van der Waals surface area contributed by atoms with E-state index in [4.69, 9.17) is 4.74 Å². The Hall–Kier alpha value is -3.14. The molecule has 10 nitrogen and oxygen atoms in total. The maximum absolute atomic E-state index is 12.0. The summed E-state index contributed by atoms with van der Waals surface area (Å²) in [5.41, 5.74) is 2.01. The summed E-state index contributed by atoms with van der Waals surface area (Å²) in [4.78, 5) is 16.4. The predicted octanol–water partition coefficient (Wildman–Crippen LogP) is 2.85. The van der Waals surface area contributed by atoms with Crippen LogP contribution in [0.25, 0.3) is 5.52 Å². The number of fused-ring (bicyclic) bond motifs is 1. The van der Waals surface area contributed by atoms with Crippen molar-refractivity contribution in [3.8, 4) is 0 Å². The highest BCUT2D eigenvalue weighted by atomic mass is 16.6. The summed E-state index contributed by atoms with van der Waals surface area (Å²) < 4.78 is 7.23. The molecule has 30 heavy (non-hydrogen) atoms. The van der Waals surface area contributed by atoms with Crippen molar-refractivity contribution in [1.82, 2.24) is 30.1 Å². The Bertz CT molecular complexity index is 1040. The summed E-state index contributed by atoms with van der Waals surface area (Å²) in [6.07, 6.45) is 5.40. The van der Waals surface area contributed by atoms with Gasteiger partial charge in [-0.25, -0.2) is 14.3 Å². The quantitative estimate of drug-likeness (QED) is 0.506. The van der Waals surface area contributed by atoms with Crippen molar-refractivity contribution in [2.75, 3.05) is 5.32 Å². The number of carbonyl (C=O) groups excluding carboxylic acids is 1. The molecule has 0 radical (unpaired) electrons. The zero-order valence-electron chi connectivity index (χ0n) is 17.3. The number of hydrogen-bond acceptors (Lipinski definition) is 7. The van der Waals surface area contributed by atoms with Crippen LogP contribution in [0.2, 0.25) is 0 Å². The fourth-order valence-electron chi connectivity index (χ4n) is 3.69. The number of aliphatic hydroxyl groups is 1. The zero-order chi connectivity index (χ0) is 21.3. The predicted molar refractivity (Wildman–Crippen MR) is 111 cm³/mol. The number of hydrogen-bond donors (Lipinski definition) is 4. The number of anilines is 2. The van der Waals surface area contributed by atoms with Crippen LogP contribution in [0.4, 0.5) is 16.4 Å². The first-order valence-corrected chi connectivity index (χ1v) is 10.1. The van der Waals surface area contributed by atoms with E-state index < -0.39 is 0 Å². The Morgan fingerprint density at radius 1 is 1.37 bits per heavy atom. The number of amides is 1. The number of aromatic amines is 1. The standard InChI is InChI=1S/C20H27N7O3/c1-20(2,3)23-19(29)30-14-5-4-12(8-14)15-10-17(25-24-15)22-18-16-9-13(11-28)26-27(16)7-6-21-18/h6-7,9-10,12,14,28H,4-5,8,11H2,1-3H3,(H,23,29)(H2,21,22,24,25). The monoisotopic (exact) mass is 413 g/mol. The molecule has 0 bridgehead atoms. The van der Waals surface area contributed by atoms with Gasteiger partial charge in [-0.05, 0) is 46.1 Å². The lowest BCUT2D eigenvalue weighted by molar-refractivity contribution is 0.0937. The van der Waals surface area contributed by atoms with E-state index in [-0.39, 0.29) is 30.3 Å². The van der Waals surface area contributed by atoms with Crippen molar-refractivity contribution >= 4 is 23.2 Å². The highest BCUT2D eigenvalue weighted by Crippen LogP contribution is 2.36. The molecule has 1 aliphatic rings. The van der Waals surface area contributed by atoms with Gasteiger partial charge in [0, 0.05) is 35.6 Å². The highest BCUT2D eigenvalue weighted by molar-refractivity contribution is 5.72. The van der Waals surface area contributed by atoms with Crippen molar-refractivity contribution in [3.05, 3.63) is 35.9 Å². The molecule has 10 heteroatoms. The van der Waals surface area contributed by atoms with Gasteiger partial charge in [0.2, 0.25) is 0 Å². The van der Waals surface area contributed by atoms with Gasteiger partial charge >= 0.3 is 6.09 Å². The van der Waals surface area contributed by atoms with Gasteiger partial charge in [0.15, 0.2) is 11.6 Å². The molecule has 0 spiro atoms.